The fraction of sp³-hybridized carbons (Fsp3) is 0.111. The molecule has 25 heavy (non-hydrogen) atoms. The summed E-state index contributed by atoms with van der Waals surface area (Å²) in [6.45, 7) is 0. The van der Waals surface area contributed by atoms with Crippen LogP contribution in [0.4, 0.5) is 5.13 Å². The maximum atomic E-state index is 12.3. The highest BCUT2D eigenvalue weighted by atomic mass is 32.2. The van der Waals surface area contributed by atoms with Crippen molar-refractivity contribution < 1.29 is 13.2 Å². The van der Waals surface area contributed by atoms with Crippen molar-refractivity contribution in [3.8, 4) is 11.3 Å². The molecule has 1 N–H and O–H groups in total. The minimum atomic E-state index is -3.09. The molecule has 0 unspecified atom stereocenters. The maximum Gasteiger partial charge on any atom is 0.257 e. The van der Waals surface area contributed by atoms with Crippen LogP contribution in [-0.2, 0) is 15.6 Å². The second kappa shape index (κ2) is 7.16. The number of rotatable bonds is 5. The quantitative estimate of drug-likeness (QED) is 0.742. The van der Waals surface area contributed by atoms with Gasteiger partial charge in [-0.1, -0.05) is 42.5 Å². The summed E-state index contributed by atoms with van der Waals surface area (Å²) in [5.41, 5.74) is 2.90. The normalized spacial score (nSPS) is 11.2. The smallest absolute Gasteiger partial charge is 0.257 e. The van der Waals surface area contributed by atoms with Crippen molar-refractivity contribution in [2.75, 3.05) is 11.6 Å². The fourth-order valence-electron chi connectivity index (χ4n) is 2.30. The van der Waals surface area contributed by atoms with Gasteiger partial charge in [-0.3, -0.25) is 10.1 Å². The zero-order valence-corrected chi connectivity index (χ0v) is 15.1. The number of carbonyl (C=O) groups excluding carboxylic acids is 1. The van der Waals surface area contributed by atoms with Gasteiger partial charge in [0.05, 0.1) is 11.4 Å². The summed E-state index contributed by atoms with van der Waals surface area (Å²) >= 11 is 1.36. The zero-order chi connectivity index (χ0) is 17.9. The predicted octanol–water partition coefficient (Wildman–Crippen LogP) is 3.61. The number of benzene rings is 2. The number of amides is 1. The highest BCUT2D eigenvalue weighted by molar-refractivity contribution is 7.89. The van der Waals surface area contributed by atoms with Gasteiger partial charge < -0.3 is 0 Å². The molecule has 0 radical (unpaired) electrons. The average molecular weight is 372 g/mol. The van der Waals surface area contributed by atoms with Gasteiger partial charge in [-0.15, -0.1) is 11.3 Å². The summed E-state index contributed by atoms with van der Waals surface area (Å²) < 4.78 is 22.6. The number of hydrogen-bond donors (Lipinski definition) is 1. The maximum absolute atomic E-state index is 12.3. The third kappa shape index (κ3) is 4.74. The van der Waals surface area contributed by atoms with E-state index in [1.165, 1.54) is 17.6 Å². The summed E-state index contributed by atoms with van der Waals surface area (Å²) in [4.78, 5) is 16.7. The van der Waals surface area contributed by atoms with Crippen molar-refractivity contribution >= 4 is 32.2 Å². The van der Waals surface area contributed by atoms with Crippen molar-refractivity contribution in [2.45, 2.75) is 5.75 Å². The SMILES string of the molecule is CS(=O)(=O)Cc1ccc(C(=O)Nc2nc(-c3ccccc3)cs2)cc1. The number of aromatic nitrogens is 1. The Morgan fingerprint density at radius 1 is 1.08 bits per heavy atom. The molecule has 0 saturated heterocycles. The topological polar surface area (TPSA) is 76.1 Å². The summed E-state index contributed by atoms with van der Waals surface area (Å²) in [6.07, 6.45) is 1.18. The summed E-state index contributed by atoms with van der Waals surface area (Å²) in [6, 6.07) is 16.2. The summed E-state index contributed by atoms with van der Waals surface area (Å²) in [5.74, 6) is -0.318. The Morgan fingerprint density at radius 3 is 2.40 bits per heavy atom. The van der Waals surface area contributed by atoms with E-state index in [0.717, 1.165) is 11.3 Å². The van der Waals surface area contributed by atoms with Crippen LogP contribution < -0.4 is 5.32 Å². The predicted molar refractivity (Wildman–Crippen MR) is 100 cm³/mol. The van der Waals surface area contributed by atoms with Crippen molar-refractivity contribution in [2.24, 2.45) is 0 Å². The molecule has 0 bridgehead atoms. The van der Waals surface area contributed by atoms with Crippen molar-refractivity contribution in [3.63, 3.8) is 0 Å². The van der Waals surface area contributed by atoms with Crippen LogP contribution in [0.5, 0.6) is 0 Å². The first-order valence-corrected chi connectivity index (χ1v) is 10.4. The van der Waals surface area contributed by atoms with E-state index in [9.17, 15) is 13.2 Å². The Balaban J connectivity index is 1.69. The van der Waals surface area contributed by atoms with Gasteiger partial charge in [0.15, 0.2) is 15.0 Å². The lowest BCUT2D eigenvalue weighted by atomic mass is 10.1. The molecule has 1 aromatic heterocycles. The van der Waals surface area contributed by atoms with Gasteiger partial charge in [0.25, 0.3) is 5.91 Å². The Morgan fingerprint density at radius 2 is 1.76 bits per heavy atom. The Labute approximate surface area is 150 Å². The second-order valence-electron chi connectivity index (χ2n) is 5.63. The van der Waals surface area contributed by atoms with Crippen LogP contribution in [-0.4, -0.2) is 25.6 Å². The van der Waals surface area contributed by atoms with E-state index in [4.69, 9.17) is 0 Å². The van der Waals surface area contributed by atoms with Crippen molar-refractivity contribution in [1.29, 1.82) is 0 Å². The monoisotopic (exact) mass is 372 g/mol. The van der Waals surface area contributed by atoms with E-state index in [0.29, 0.717) is 16.3 Å². The van der Waals surface area contributed by atoms with Gasteiger partial charge in [-0.25, -0.2) is 13.4 Å². The van der Waals surface area contributed by atoms with Crippen molar-refractivity contribution in [1.82, 2.24) is 4.98 Å². The minimum absolute atomic E-state index is 0.0399. The van der Waals surface area contributed by atoms with Crippen LogP contribution in [0, 0.1) is 0 Å². The number of sulfone groups is 1. The van der Waals surface area contributed by atoms with Gasteiger partial charge in [-0.05, 0) is 17.7 Å². The van der Waals surface area contributed by atoms with Crippen LogP contribution in [0.15, 0.2) is 60.0 Å². The highest BCUT2D eigenvalue weighted by Gasteiger charge is 2.11. The molecule has 0 spiro atoms. The highest BCUT2D eigenvalue weighted by Crippen LogP contribution is 2.25. The third-order valence-electron chi connectivity index (χ3n) is 3.44. The molecule has 128 valence electrons. The Bertz CT molecular complexity index is 979. The number of hydrogen-bond acceptors (Lipinski definition) is 5. The lowest BCUT2D eigenvalue weighted by Gasteiger charge is -2.04. The van der Waals surface area contributed by atoms with Crippen LogP contribution in [0.3, 0.4) is 0 Å². The molecule has 0 aliphatic heterocycles. The summed E-state index contributed by atoms with van der Waals surface area (Å²) in [5, 5.41) is 5.17. The molecular weight excluding hydrogens is 356 g/mol. The molecule has 0 aliphatic rings. The van der Waals surface area contributed by atoms with E-state index < -0.39 is 9.84 Å². The number of nitrogens with one attached hydrogen (secondary N) is 1. The van der Waals surface area contributed by atoms with Gasteiger partial charge in [-0.2, -0.15) is 0 Å². The third-order valence-corrected chi connectivity index (χ3v) is 5.05. The molecule has 0 saturated carbocycles. The average Bonchev–Trinajstić information content (AvgIpc) is 3.03. The molecule has 5 nitrogen and oxygen atoms in total. The first kappa shape index (κ1) is 17.3. The van der Waals surface area contributed by atoms with Gasteiger partial charge in [0, 0.05) is 22.8 Å². The van der Waals surface area contributed by atoms with Crippen LogP contribution >= 0.6 is 11.3 Å². The lowest BCUT2D eigenvalue weighted by molar-refractivity contribution is 0.102. The lowest BCUT2D eigenvalue weighted by Crippen LogP contribution is -2.11. The molecular formula is C18H16N2O3S2. The van der Waals surface area contributed by atoms with Crippen LogP contribution in [0.2, 0.25) is 0 Å². The van der Waals surface area contributed by atoms with Gasteiger partial charge >= 0.3 is 0 Å². The van der Waals surface area contributed by atoms with Crippen LogP contribution in [0.25, 0.3) is 11.3 Å². The van der Waals surface area contributed by atoms with Gasteiger partial charge in [0.2, 0.25) is 0 Å². The molecule has 3 rings (SSSR count). The second-order valence-corrected chi connectivity index (χ2v) is 8.62. The van der Waals surface area contributed by atoms with E-state index in [1.54, 1.807) is 24.3 Å². The summed E-state index contributed by atoms with van der Waals surface area (Å²) in [7, 11) is -3.09. The number of nitrogens with zero attached hydrogens (tertiary/aromatic N) is 1. The molecule has 0 fully saturated rings. The first-order chi connectivity index (χ1) is 11.9. The molecule has 3 aromatic rings. The molecule has 1 heterocycles. The largest absolute Gasteiger partial charge is 0.298 e. The Kier molecular flexibility index (Phi) is 4.96. The zero-order valence-electron chi connectivity index (χ0n) is 13.5. The van der Waals surface area contributed by atoms with E-state index >= 15 is 0 Å². The Hall–Kier alpha value is -2.51. The minimum Gasteiger partial charge on any atom is -0.298 e. The fourth-order valence-corrected chi connectivity index (χ4v) is 3.81. The van der Waals surface area contributed by atoms with E-state index in [1.807, 2.05) is 35.7 Å². The number of carbonyl (C=O) groups is 1. The number of anilines is 1. The first-order valence-electron chi connectivity index (χ1n) is 7.50. The molecule has 7 heteroatoms. The van der Waals surface area contributed by atoms with Gasteiger partial charge in [0.1, 0.15) is 0 Å². The van der Waals surface area contributed by atoms with E-state index in [2.05, 4.69) is 10.3 Å². The molecule has 1 amide bonds. The van der Waals surface area contributed by atoms with Crippen LogP contribution in [0.1, 0.15) is 15.9 Å². The number of thiazole rings is 1. The van der Waals surface area contributed by atoms with E-state index in [-0.39, 0.29) is 11.7 Å². The van der Waals surface area contributed by atoms with Crippen molar-refractivity contribution in [3.05, 3.63) is 71.1 Å². The molecule has 2 aromatic carbocycles. The standard InChI is InChI=1S/C18H16N2O3S2/c1-25(22,23)12-13-7-9-15(10-8-13)17(21)20-18-19-16(11-24-18)14-5-3-2-4-6-14/h2-11H,12H2,1H3,(H,19,20,21). The molecule has 0 atom stereocenters. The molecule has 0 aliphatic carbocycles.